The minimum Gasteiger partial charge on any atom is -0.397 e. The average molecular weight is 380 g/mol. The number of hydrogen-bond donors (Lipinski definition) is 1. The van der Waals surface area contributed by atoms with Crippen molar-refractivity contribution in [1.82, 2.24) is 9.88 Å². The molecule has 1 fully saturated rings. The van der Waals surface area contributed by atoms with Crippen LogP contribution in [0.3, 0.4) is 0 Å². The highest BCUT2D eigenvalue weighted by molar-refractivity contribution is 7.21. The van der Waals surface area contributed by atoms with E-state index in [1.807, 2.05) is 24.1 Å². The zero-order valence-corrected chi connectivity index (χ0v) is 16.7. The van der Waals surface area contributed by atoms with Gasteiger partial charge in [-0.1, -0.05) is 49.1 Å². The molecule has 0 atom stereocenters. The predicted octanol–water partition coefficient (Wildman–Crippen LogP) is 5.26. The third kappa shape index (κ3) is 3.44. The molecule has 27 heavy (non-hydrogen) atoms. The van der Waals surface area contributed by atoms with Crippen molar-refractivity contribution in [2.45, 2.75) is 45.1 Å². The van der Waals surface area contributed by atoms with Gasteiger partial charge in [0.1, 0.15) is 9.71 Å². The molecule has 2 heterocycles. The first-order chi connectivity index (χ1) is 13.0. The fourth-order valence-corrected chi connectivity index (χ4v) is 4.91. The topological polar surface area (TPSA) is 59.2 Å². The van der Waals surface area contributed by atoms with Gasteiger partial charge in [-0.15, -0.1) is 11.3 Å². The molecule has 4 nitrogen and oxygen atoms in total. The van der Waals surface area contributed by atoms with Crippen LogP contribution in [0.15, 0.2) is 36.4 Å². The van der Waals surface area contributed by atoms with Crippen molar-refractivity contribution < 1.29 is 4.79 Å². The zero-order valence-electron chi connectivity index (χ0n) is 15.9. The maximum Gasteiger partial charge on any atom is 0.266 e. The quantitative estimate of drug-likeness (QED) is 0.675. The highest BCUT2D eigenvalue weighted by Gasteiger charge is 2.26. The van der Waals surface area contributed by atoms with E-state index < -0.39 is 0 Å². The lowest BCUT2D eigenvalue weighted by molar-refractivity contribution is 0.0702. The number of benzene rings is 1. The highest BCUT2D eigenvalue weighted by Crippen LogP contribution is 2.35. The van der Waals surface area contributed by atoms with Crippen LogP contribution in [0.1, 0.15) is 47.3 Å². The monoisotopic (exact) mass is 379 g/mol. The Bertz CT molecular complexity index is 971. The van der Waals surface area contributed by atoms with Crippen molar-refractivity contribution >= 4 is 33.1 Å². The molecule has 0 spiro atoms. The molecule has 1 aliphatic carbocycles. The fraction of sp³-hybridized carbons (Fsp3) is 0.364. The lowest BCUT2D eigenvalue weighted by atomic mass is 9.94. The molecule has 1 saturated carbocycles. The summed E-state index contributed by atoms with van der Waals surface area (Å²) in [5.74, 6) is 0.0271. The molecule has 1 amide bonds. The first kappa shape index (κ1) is 18.0. The van der Waals surface area contributed by atoms with Crippen LogP contribution < -0.4 is 5.73 Å². The second kappa shape index (κ2) is 7.31. The number of fused-ring (bicyclic) bond motifs is 1. The van der Waals surface area contributed by atoms with E-state index in [0.29, 0.717) is 16.6 Å². The van der Waals surface area contributed by atoms with Crippen molar-refractivity contribution in [3.05, 3.63) is 46.8 Å². The number of carbonyl (C=O) groups excluding carboxylic acids is 1. The van der Waals surface area contributed by atoms with Crippen LogP contribution in [0.25, 0.3) is 21.5 Å². The van der Waals surface area contributed by atoms with E-state index in [-0.39, 0.29) is 5.91 Å². The molecule has 4 rings (SSSR count). The van der Waals surface area contributed by atoms with Gasteiger partial charge in [0.05, 0.1) is 11.4 Å². The van der Waals surface area contributed by atoms with Gasteiger partial charge >= 0.3 is 0 Å². The number of nitrogens with zero attached hydrogens (tertiary/aromatic N) is 2. The van der Waals surface area contributed by atoms with E-state index in [0.717, 1.165) is 34.3 Å². The first-order valence-corrected chi connectivity index (χ1v) is 10.4. The molecule has 0 radical (unpaired) electrons. The summed E-state index contributed by atoms with van der Waals surface area (Å²) in [7, 11) is 1.91. The molecule has 0 aliphatic heterocycles. The Morgan fingerprint density at radius 2 is 1.81 bits per heavy atom. The Morgan fingerprint density at radius 3 is 2.52 bits per heavy atom. The smallest absolute Gasteiger partial charge is 0.266 e. The lowest BCUT2D eigenvalue weighted by Crippen LogP contribution is -2.38. The van der Waals surface area contributed by atoms with E-state index in [9.17, 15) is 4.79 Å². The summed E-state index contributed by atoms with van der Waals surface area (Å²) in [5, 5.41) is 0.872. The highest BCUT2D eigenvalue weighted by atomic mass is 32.1. The van der Waals surface area contributed by atoms with Crippen LogP contribution >= 0.6 is 11.3 Å². The number of thiophene rings is 1. The van der Waals surface area contributed by atoms with Crippen molar-refractivity contribution in [1.29, 1.82) is 0 Å². The van der Waals surface area contributed by atoms with Crippen LogP contribution in [0.5, 0.6) is 0 Å². The van der Waals surface area contributed by atoms with Gasteiger partial charge in [0.15, 0.2) is 0 Å². The third-order valence-electron chi connectivity index (χ3n) is 5.58. The minimum atomic E-state index is 0.0271. The third-order valence-corrected chi connectivity index (χ3v) is 6.68. The van der Waals surface area contributed by atoms with E-state index in [4.69, 9.17) is 10.7 Å². The van der Waals surface area contributed by atoms with Gasteiger partial charge in [0.25, 0.3) is 5.91 Å². The summed E-state index contributed by atoms with van der Waals surface area (Å²) in [5.41, 5.74) is 10.1. The Kier molecular flexibility index (Phi) is 4.87. The van der Waals surface area contributed by atoms with Crippen molar-refractivity contribution in [3.8, 4) is 11.3 Å². The molecule has 0 unspecified atom stereocenters. The Hall–Kier alpha value is -2.40. The number of rotatable bonds is 3. The summed E-state index contributed by atoms with van der Waals surface area (Å²) in [6, 6.07) is 12.6. The van der Waals surface area contributed by atoms with E-state index in [2.05, 4.69) is 31.2 Å². The van der Waals surface area contributed by atoms with Crippen molar-refractivity contribution in [2.75, 3.05) is 12.8 Å². The molecule has 1 aromatic carbocycles. The largest absolute Gasteiger partial charge is 0.397 e. The van der Waals surface area contributed by atoms with Gasteiger partial charge in [-0.3, -0.25) is 4.79 Å². The molecule has 0 bridgehead atoms. The van der Waals surface area contributed by atoms with E-state index >= 15 is 0 Å². The van der Waals surface area contributed by atoms with Crippen LogP contribution in [0, 0.1) is 6.92 Å². The maximum atomic E-state index is 13.1. The molecule has 0 saturated heterocycles. The normalized spacial score (nSPS) is 15.2. The fourth-order valence-electron chi connectivity index (χ4n) is 3.84. The van der Waals surface area contributed by atoms with Crippen LogP contribution in [-0.2, 0) is 0 Å². The molecule has 3 aromatic rings. The summed E-state index contributed by atoms with van der Waals surface area (Å²) in [6.07, 6.45) is 5.85. The number of pyridine rings is 1. The molecule has 2 N–H and O–H groups in total. The number of nitrogens with two attached hydrogens (primary N) is 1. The zero-order chi connectivity index (χ0) is 19.0. The number of amides is 1. The first-order valence-electron chi connectivity index (χ1n) is 9.58. The van der Waals surface area contributed by atoms with Gasteiger partial charge in [-0.2, -0.15) is 0 Å². The van der Waals surface area contributed by atoms with Gasteiger partial charge in [0, 0.05) is 24.0 Å². The number of aryl methyl sites for hydroxylation is 1. The summed E-state index contributed by atoms with van der Waals surface area (Å²) < 4.78 is 0. The molecular weight excluding hydrogens is 354 g/mol. The number of carbonyl (C=O) groups is 1. The van der Waals surface area contributed by atoms with Gasteiger partial charge in [0.2, 0.25) is 0 Å². The maximum absolute atomic E-state index is 13.1. The predicted molar refractivity (Wildman–Crippen MR) is 113 cm³/mol. The second-order valence-electron chi connectivity index (χ2n) is 7.47. The van der Waals surface area contributed by atoms with Crippen molar-refractivity contribution in [3.63, 3.8) is 0 Å². The van der Waals surface area contributed by atoms with E-state index in [1.165, 1.54) is 36.2 Å². The van der Waals surface area contributed by atoms with Crippen LogP contribution in [0.4, 0.5) is 5.69 Å². The average Bonchev–Trinajstić information content (AvgIpc) is 3.04. The second-order valence-corrected chi connectivity index (χ2v) is 8.47. The lowest BCUT2D eigenvalue weighted by Gasteiger charge is -2.31. The number of aromatic nitrogens is 1. The minimum absolute atomic E-state index is 0.0271. The number of anilines is 1. The van der Waals surface area contributed by atoms with Gasteiger partial charge < -0.3 is 10.6 Å². The summed E-state index contributed by atoms with van der Waals surface area (Å²) >= 11 is 1.41. The SMILES string of the molecule is Cc1ccc(-c2ccc3c(N)c(C(=O)N(C)C4CCCCC4)sc3n2)cc1. The van der Waals surface area contributed by atoms with Crippen LogP contribution in [0.2, 0.25) is 0 Å². The molecule has 140 valence electrons. The van der Waals surface area contributed by atoms with Gasteiger partial charge in [-0.25, -0.2) is 4.98 Å². The Balaban J connectivity index is 1.66. The standard InChI is InChI=1S/C22H25N3OS/c1-14-8-10-15(11-9-14)18-13-12-17-19(23)20(27-21(17)24-18)22(26)25(2)16-6-4-3-5-7-16/h8-13,16H,3-7,23H2,1-2H3. The summed E-state index contributed by atoms with van der Waals surface area (Å²) in [4.78, 5) is 21.2. The Labute approximate surface area is 164 Å². The van der Waals surface area contributed by atoms with Crippen molar-refractivity contribution in [2.24, 2.45) is 0 Å². The molecule has 2 aromatic heterocycles. The molecular formula is C22H25N3OS. The van der Waals surface area contributed by atoms with Gasteiger partial charge in [-0.05, 0) is 31.9 Å². The number of nitrogen functional groups attached to an aromatic ring is 1. The summed E-state index contributed by atoms with van der Waals surface area (Å²) in [6.45, 7) is 2.07. The number of hydrogen-bond acceptors (Lipinski definition) is 4. The van der Waals surface area contributed by atoms with Crippen LogP contribution in [-0.4, -0.2) is 28.9 Å². The molecule has 5 heteroatoms. The van der Waals surface area contributed by atoms with E-state index in [1.54, 1.807) is 0 Å². The Morgan fingerprint density at radius 1 is 1.11 bits per heavy atom. The molecule has 1 aliphatic rings.